The molecule has 112 valence electrons. The Balaban J connectivity index is 2.30. The summed E-state index contributed by atoms with van der Waals surface area (Å²) >= 11 is 0. The lowest BCUT2D eigenvalue weighted by Crippen LogP contribution is -2.46. The summed E-state index contributed by atoms with van der Waals surface area (Å²) in [5.41, 5.74) is 0. The van der Waals surface area contributed by atoms with Crippen molar-refractivity contribution in [3.63, 3.8) is 0 Å². The number of piperazine rings is 1. The second kappa shape index (κ2) is 5.78. The van der Waals surface area contributed by atoms with Crippen LogP contribution in [0.25, 0.3) is 0 Å². The molecule has 0 amide bonds. The molecule has 1 saturated heterocycles. The third kappa shape index (κ3) is 3.01. The molecule has 0 unspecified atom stereocenters. The van der Waals surface area contributed by atoms with Crippen LogP contribution in [0.15, 0.2) is 34.1 Å². The first-order valence-corrected chi connectivity index (χ1v) is 9.05. The quantitative estimate of drug-likeness (QED) is 0.757. The first-order valence-electron chi connectivity index (χ1n) is 6.12. The van der Waals surface area contributed by atoms with Gasteiger partial charge >= 0.3 is 0 Å². The van der Waals surface area contributed by atoms with Gasteiger partial charge in [-0.15, -0.1) is 0 Å². The average molecular weight is 319 g/mol. The Morgan fingerprint density at radius 1 is 1.00 bits per heavy atom. The number of rotatable bonds is 4. The normalized spacial score (nSPS) is 18.1. The maximum absolute atomic E-state index is 12.4. The summed E-state index contributed by atoms with van der Waals surface area (Å²) < 4.78 is 51.4. The molecule has 1 aromatic rings. The standard InChI is InChI=1S/C11H17N3O4S2/c1-12-19(15,16)10-2-4-11(5-3-10)20(17,18)14-8-6-13-7-9-14/h2-5,12-13H,6-9H2,1H3. The summed E-state index contributed by atoms with van der Waals surface area (Å²) in [5.74, 6) is 0. The van der Waals surface area contributed by atoms with Gasteiger partial charge in [0.2, 0.25) is 20.0 Å². The fraction of sp³-hybridized carbons (Fsp3) is 0.455. The minimum Gasteiger partial charge on any atom is -0.314 e. The van der Waals surface area contributed by atoms with Crippen LogP contribution in [0.1, 0.15) is 0 Å². The van der Waals surface area contributed by atoms with Gasteiger partial charge in [0.15, 0.2) is 0 Å². The van der Waals surface area contributed by atoms with Crippen molar-refractivity contribution in [2.45, 2.75) is 9.79 Å². The van der Waals surface area contributed by atoms with E-state index in [1.54, 1.807) is 0 Å². The summed E-state index contributed by atoms with van der Waals surface area (Å²) in [6.45, 7) is 2.06. The monoisotopic (exact) mass is 319 g/mol. The summed E-state index contributed by atoms with van der Waals surface area (Å²) in [5, 5.41) is 3.08. The Labute approximate surface area is 119 Å². The number of benzene rings is 1. The molecule has 20 heavy (non-hydrogen) atoms. The van der Waals surface area contributed by atoms with Crippen molar-refractivity contribution < 1.29 is 16.8 Å². The number of hydrogen-bond donors (Lipinski definition) is 2. The van der Waals surface area contributed by atoms with Crippen molar-refractivity contribution in [3.8, 4) is 0 Å². The molecular weight excluding hydrogens is 302 g/mol. The second-order valence-electron chi connectivity index (χ2n) is 4.33. The van der Waals surface area contributed by atoms with Crippen LogP contribution < -0.4 is 10.0 Å². The highest BCUT2D eigenvalue weighted by Crippen LogP contribution is 2.18. The van der Waals surface area contributed by atoms with Crippen LogP contribution in [-0.2, 0) is 20.0 Å². The molecule has 1 aromatic carbocycles. The molecule has 0 bridgehead atoms. The van der Waals surface area contributed by atoms with Crippen molar-refractivity contribution in [2.75, 3.05) is 33.2 Å². The van der Waals surface area contributed by atoms with Crippen LogP contribution in [-0.4, -0.2) is 54.4 Å². The van der Waals surface area contributed by atoms with E-state index >= 15 is 0 Å². The predicted octanol–water partition coefficient (Wildman–Crippen LogP) is -0.811. The van der Waals surface area contributed by atoms with Crippen molar-refractivity contribution in [1.29, 1.82) is 0 Å². The third-order valence-electron chi connectivity index (χ3n) is 3.12. The molecule has 7 nitrogen and oxygen atoms in total. The minimum atomic E-state index is -3.55. The number of nitrogens with zero attached hydrogens (tertiary/aromatic N) is 1. The maximum Gasteiger partial charge on any atom is 0.243 e. The van der Waals surface area contributed by atoms with E-state index in [0.29, 0.717) is 26.2 Å². The van der Waals surface area contributed by atoms with Crippen LogP contribution in [0.2, 0.25) is 0 Å². The molecule has 0 radical (unpaired) electrons. The van der Waals surface area contributed by atoms with Crippen LogP contribution in [0.5, 0.6) is 0 Å². The van der Waals surface area contributed by atoms with E-state index in [0.717, 1.165) is 0 Å². The molecule has 2 rings (SSSR count). The van der Waals surface area contributed by atoms with Crippen molar-refractivity contribution >= 4 is 20.0 Å². The lowest BCUT2D eigenvalue weighted by atomic mass is 10.4. The zero-order chi connectivity index (χ0) is 14.8. The highest BCUT2D eigenvalue weighted by molar-refractivity contribution is 7.89. The highest BCUT2D eigenvalue weighted by Gasteiger charge is 2.26. The van der Waals surface area contributed by atoms with Gasteiger partial charge < -0.3 is 5.32 Å². The summed E-state index contributed by atoms with van der Waals surface area (Å²) in [6, 6.07) is 5.23. The summed E-state index contributed by atoms with van der Waals surface area (Å²) in [4.78, 5) is 0.147. The average Bonchev–Trinajstić information content (AvgIpc) is 2.48. The summed E-state index contributed by atoms with van der Waals surface area (Å²) in [7, 11) is -5.80. The van der Waals surface area contributed by atoms with E-state index in [9.17, 15) is 16.8 Å². The lowest BCUT2D eigenvalue weighted by Gasteiger charge is -2.26. The van der Waals surface area contributed by atoms with Gasteiger partial charge in [0.25, 0.3) is 0 Å². The lowest BCUT2D eigenvalue weighted by molar-refractivity contribution is 0.360. The Bertz CT molecular complexity index is 662. The van der Waals surface area contributed by atoms with Gasteiger partial charge in [-0.25, -0.2) is 21.6 Å². The van der Waals surface area contributed by atoms with Crippen molar-refractivity contribution in [1.82, 2.24) is 14.3 Å². The molecule has 1 aliphatic rings. The Hall–Kier alpha value is -1.00. The van der Waals surface area contributed by atoms with Crippen LogP contribution in [0, 0.1) is 0 Å². The SMILES string of the molecule is CNS(=O)(=O)c1ccc(S(=O)(=O)N2CCNCC2)cc1. The molecule has 0 atom stereocenters. The molecule has 1 aliphatic heterocycles. The Morgan fingerprint density at radius 2 is 1.50 bits per heavy atom. The number of nitrogens with one attached hydrogen (secondary N) is 2. The zero-order valence-electron chi connectivity index (χ0n) is 11.0. The Kier molecular flexibility index (Phi) is 4.45. The molecule has 2 N–H and O–H groups in total. The molecule has 1 heterocycles. The fourth-order valence-corrected chi connectivity index (χ4v) is 4.11. The molecular formula is C11H17N3O4S2. The van der Waals surface area contributed by atoms with E-state index in [1.807, 2.05) is 0 Å². The van der Waals surface area contributed by atoms with E-state index in [4.69, 9.17) is 0 Å². The van der Waals surface area contributed by atoms with Crippen LogP contribution >= 0.6 is 0 Å². The number of sulfonamides is 2. The largest absolute Gasteiger partial charge is 0.314 e. The van der Waals surface area contributed by atoms with E-state index < -0.39 is 20.0 Å². The summed E-state index contributed by atoms with van der Waals surface area (Å²) in [6.07, 6.45) is 0. The molecule has 1 fully saturated rings. The van der Waals surface area contributed by atoms with Crippen molar-refractivity contribution in [3.05, 3.63) is 24.3 Å². The molecule has 0 spiro atoms. The van der Waals surface area contributed by atoms with Gasteiger partial charge in [0, 0.05) is 26.2 Å². The first-order chi connectivity index (χ1) is 9.38. The number of hydrogen-bond acceptors (Lipinski definition) is 5. The molecule has 0 saturated carbocycles. The molecule has 0 aliphatic carbocycles. The third-order valence-corrected chi connectivity index (χ3v) is 6.46. The smallest absolute Gasteiger partial charge is 0.243 e. The molecule has 9 heteroatoms. The Morgan fingerprint density at radius 3 is 2.00 bits per heavy atom. The van der Waals surface area contributed by atoms with Gasteiger partial charge in [0.05, 0.1) is 9.79 Å². The van der Waals surface area contributed by atoms with E-state index in [2.05, 4.69) is 10.0 Å². The first kappa shape index (κ1) is 15.4. The van der Waals surface area contributed by atoms with Gasteiger partial charge in [-0.05, 0) is 31.3 Å². The molecule has 0 aromatic heterocycles. The zero-order valence-corrected chi connectivity index (χ0v) is 12.7. The van der Waals surface area contributed by atoms with Crippen LogP contribution in [0.3, 0.4) is 0 Å². The maximum atomic E-state index is 12.4. The predicted molar refractivity (Wildman–Crippen MR) is 74.3 cm³/mol. The topological polar surface area (TPSA) is 95.6 Å². The van der Waals surface area contributed by atoms with Crippen LogP contribution in [0.4, 0.5) is 0 Å². The fourth-order valence-electron chi connectivity index (χ4n) is 1.94. The van der Waals surface area contributed by atoms with Gasteiger partial charge in [-0.3, -0.25) is 0 Å². The van der Waals surface area contributed by atoms with E-state index in [1.165, 1.54) is 35.6 Å². The van der Waals surface area contributed by atoms with Gasteiger partial charge in [0.1, 0.15) is 0 Å². The highest BCUT2D eigenvalue weighted by atomic mass is 32.2. The van der Waals surface area contributed by atoms with E-state index in [-0.39, 0.29) is 9.79 Å². The van der Waals surface area contributed by atoms with Gasteiger partial charge in [-0.1, -0.05) is 0 Å². The van der Waals surface area contributed by atoms with Gasteiger partial charge in [-0.2, -0.15) is 4.31 Å². The minimum absolute atomic E-state index is 0.0410. The van der Waals surface area contributed by atoms with Crippen molar-refractivity contribution in [2.24, 2.45) is 0 Å². The second-order valence-corrected chi connectivity index (χ2v) is 8.16.